The largest absolute Gasteiger partial charge is 0.359 e. The number of amides is 3. The summed E-state index contributed by atoms with van der Waals surface area (Å²) in [6.45, 7) is 2.41. The van der Waals surface area contributed by atoms with Crippen molar-refractivity contribution in [1.29, 1.82) is 0 Å². The molecule has 1 fully saturated rings. The molecule has 178 valence electrons. The number of carbonyl (C=O) groups excluding carboxylic acids is 2. The Bertz CT molecular complexity index is 1200. The smallest absolute Gasteiger partial charge is 0.322 e. The second-order valence-corrected chi connectivity index (χ2v) is 9.01. The summed E-state index contributed by atoms with van der Waals surface area (Å²) in [7, 11) is 1.70. The average molecular weight is 505 g/mol. The Morgan fingerprint density at radius 3 is 2.68 bits per heavy atom. The summed E-state index contributed by atoms with van der Waals surface area (Å²) in [6.07, 6.45) is 1.24. The lowest BCUT2D eigenvalue weighted by molar-refractivity contribution is -0.134. The third kappa shape index (κ3) is 4.88. The minimum Gasteiger partial charge on any atom is -0.359 e. The Kier molecular flexibility index (Phi) is 7.09. The zero-order chi connectivity index (χ0) is 24.4. The van der Waals surface area contributed by atoms with Crippen LogP contribution in [0.5, 0.6) is 0 Å². The van der Waals surface area contributed by atoms with E-state index in [-0.39, 0.29) is 27.9 Å². The van der Waals surface area contributed by atoms with Crippen LogP contribution in [0.3, 0.4) is 0 Å². The van der Waals surface area contributed by atoms with Crippen molar-refractivity contribution in [3.63, 3.8) is 0 Å². The summed E-state index contributed by atoms with van der Waals surface area (Å²) >= 11 is 12.1. The third-order valence-electron chi connectivity index (χ3n) is 5.80. The first-order chi connectivity index (χ1) is 16.3. The second-order valence-electron chi connectivity index (χ2n) is 8.16. The fourth-order valence-corrected chi connectivity index (χ4v) is 4.43. The van der Waals surface area contributed by atoms with Gasteiger partial charge in [-0.25, -0.2) is 9.18 Å². The highest BCUT2D eigenvalue weighted by Crippen LogP contribution is 2.37. The molecule has 2 aromatic carbocycles. The van der Waals surface area contributed by atoms with Crippen molar-refractivity contribution >= 4 is 40.8 Å². The molecule has 0 bridgehead atoms. The van der Waals surface area contributed by atoms with Crippen molar-refractivity contribution in [3.8, 4) is 11.3 Å². The Morgan fingerprint density at radius 2 is 1.97 bits per heavy atom. The molecular formula is C24H23Cl2FN4O3. The van der Waals surface area contributed by atoms with Gasteiger partial charge in [0, 0.05) is 25.2 Å². The lowest BCUT2D eigenvalue weighted by Crippen LogP contribution is -2.47. The van der Waals surface area contributed by atoms with E-state index in [4.69, 9.17) is 27.7 Å². The van der Waals surface area contributed by atoms with Crippen LogP contribution in [0, 0.1) is 12.7 Å². The molecule has 1 atom stereocenters. The van der Waals surface area contributed by atoms with Gasteiger partial charge in [0.2, 0.25) is 5.91 Å². The van der Waals surface area contributed by atoms with Gasteiger partial charge in [-0.1, -0.05) is 46.6 Å². The number of urea groups is 1. The van der Waals surface area contributed by atoms with Gasteiger partial charge < -0.3 is 19.6 Å². The number of likely N-dealkylation sites (N-methyl/N-ethyl adjacent to an activating group) is 1. The molecule has 3 aromatic rings. The van der Waals surface area contributed by atoms with Crippen LogP contribution >= 0.6 is 23.2 Å². The van der Waals surface area contributed by atoms with Gasteiger partial charge in [-0.2, -0.15) is 0 Å². The number of benzene rings is 2. The molecule has 0 saturated carbocycles. The minimum atomic E-state index is -0.613. The van der Waals surface area contributed by atoms with E-state index >= 15 is 0 Å². The summed E-state index contributed by atoms with van der Waals surface area (Å²) in [5.41, 5.74) is 1.27. The van der Waals surface area contributed by atoms with E-state index in [1.165, 1.54) is 23.1 Å². The maximum atomic E-state index is 14.5. The van der Waals surface area contributed by atoms with Crippen molar-refractivity contribution < 1.29 is 18.5 Å². The van der Waals surface area contributed by atoms with Crippen molar-refractivity contribution in [2.45, 2.75) is 32.4 Å². The Labute approximate surface area is 206 Å². The molecule has 1 saturated heterocycles. The first-order valence-electron chi connectivity index (χ1n) is 10.7. The number of aryl methyl sites for hydroxylation is 1. The van der Waals surface area contributed by atoms with Crippen LogP contribution in [0.2, 0.25) is 10.0 Å². The van der Waals surface area contributed by atoms with E-state index in [1.54, 1.807) is 31.0 Å². The van der Waals surface area contributed by atoms with Gasteiger partial charge in [0.05, 0.1) is 10.6 Å². The van der Waals surface area contributed by atoms with E-state index in [2.05, 4.69) is 10.5 Å². The molecule has 3 amide bonds. The molecular weight excluding hydrogens is 482 g/mol. The summed E-state index contributed by atoms with van der Waals surface area (Å²) in [6, 6.07) is 10.4. The van der Waals surface area contributed by atoms with Gasteiger partial charge >= 0.3 is 6.03 Å². The normalized spacial score (nSPS) is 15.4. The molecule has 34 heavy (non-hydrogen) atoms. The quantitative estimate of drug-likeness (QED) is 0.479. The number of carbonyl (C=O) groups is 2. The van der Waals surface area contributed by atoms with E-state index in [1.807, 2.05) is 12.1 Å². The molecule has 0 radical (unpaired) electrons. The van der Waals surface area contributed by atoms with E-state index in [0.29, 0.717) is 36.7 Å². The van der Waals surface area contributed by atoms with E-state index < -0.39 is 17.9 Å². The maximum absolute atomic E-state index is 14.5. The first-order valence-corrected chi connectivity index (χ1v) is 11.5. The number of aromatic nitrogens is 1. The number of likely N-dealkylation sites (tertiary alicyclic amines) is 1. The summed E-state index contributed by atoms with van der Waals surface area (Å²) in [5, 5.41) is 7.42. The third-order valence-corrected chi connectivity index (χ3v) is 6.37. The van der Waals surface area contributed by atoms with Gasteiger partial charge in [0.25, 0.3) is 0 Å². The van der Waals surface area contributed by atoms with Gasteiger partial charge in [-0.05, 0) is 49.6 Å². The summed E-state index contributed by atoms with van der Waals surface area (Å²) in [4.78, 5) is 29.4. The molecule has 4 rings (SSSR count). The molecule has 0 aliphatic carbocycles. The van der Waals surface area contributed by atoms with Crippen molar-refractivity contribution in [1.82, 2.24) is 15.0 Å². The highest BCUT2D eigenvalue weighted by Gasteiger charge is 2.36. The highest BCUT2D eigenvalue weighted by molar-refractivity contribution is 6.33. The van der Waals surface area contributed by atoms with Gasteiger partial charge in [-0.3, -0.25) is 4.79 Å². The van der Waals surface area contributed by atoms with Gasteiger partial charge in [0.15, 0.2) is 5.76 Å². The van der Waals surface area contributed by atoms with Crippen LogP contribution in [-0.4, -0.2) is 46.5 Å². The summed E-state index contributed by atoms with van der Waals surface area (Å²) in [5.74, 6) is -0.457. The van der Waals surface area contributed by atoms with Crippen LogP contribution in [0.1, 0.15) is 24.2 Å². The fraction of sp³-hybridized carbons (Fsp3) is 0.292. The van der Waals surface area contributed by atoms with Crippen molar-refractivity contribution in [2.24, 2.45) is 0 Å². The van der Waals surface area contributed by atoms with Gasteiger partial charge in [0.1, 0.15) is 23.2 Å². The molecule has 7 nitrogen and oxygen atoms in total. The topological polar surface area (TPSA) is 78.7 Å². The van der Waals surface area contributed by atoms with Crippen LogP contribution in [0.15, 0.2) is 47.0 Å². The average Bonchev–Trinajstić information content (AvgIpc) is 3.43. The standard InChI is InChI=1S/C24H23Cl2FN4O3/c1-14-21(22(29-34-14)20-17(26)5-3-6-18(20)27)28-24(33)31-12-4-7-19(31)23(32)30(2)13-15-8-10-16(25)11-9-15/h3,5-6,8-11,19H,4,7,12-13H2,1-2H3,(H,28,33)/t19-/m1/s1. The monoisotopic (exact) mass is 504 g/mol. The minimum absolute atomic E-state index is 0.0352. The zero-order valence-corrected chi connectivity index (χ0v) is 20.2. The molecule has 1 aliphatic rings. The fourth-order valence-electron chi connectivity index (χ4n) is 4.06. The molecule has 1 aromatic heterocycles. The Morgan fingerprint density at radius 1 is 1.24 bits per heavy atom. The van der Waals surface area contributed by atoms with Crippen LogP contribution in [-0.2, 0) is 11.3 Å². The zero-order valence-electron chi connectivity index (χ0n) is 18.6. The second kappa shape index (κ2) is 10.0. The lowest BCUT2D eigenvalue weighted by atomic mass is 10.1. The Balaban J connectivity index is 1.51. The highest BCUT2D eigenvalue weighted by atomic mass is 35.5. The first kappa shape index (κ1) is 24.0. The number of rotatable bonds is 5. The van der Waals surface area contributed by atoms with Crippen molar-refractivity contribution in [3.05, 3.63) is 69.7 Å². The number of nitrogens with zero attached hydrogens (tertiary/aromatic N) is 3. The predicted octanol–water partition coefficient (Wildman–Crippen LogP) is 5.75. The van der Waals surface area contributed by atoms with Crippen LogP contribution in [0.4, 0.5) is 14.9 Å². The van der Waals surface area contributed by atoms with E-state index in [0.717, 1.165) is 5.56 Å². The molecule has 2 heterocycles. The molecule has 0 unspecified atom stereocenters. The van der Waals surface area contributed by atoms with Crippen molar-refractivity contribution in [2.75, 3.05) is 18.9 Å². The SMILES string of the molecule is Cc1onc(-c2c(F)cccc2Cl)c1NC(=O)N1CCC[C@@H]1C(=O)N(C)Cc1ccc(Cl)cc1. The van der Waals surface area contributed by atoms with Gasteiger partial charge in [-0.15, -0.1) is 0 Å². The van der Waals surface area contributed by atoms with Crippen LogP contribution < -0.4 is 5.32 Å². The predicted molar refractivity (Wildman–Crippen MR) is 128 cm³/mol. The Hall–Kier alpha value is -3.10. The molecule has 1 N–H and O–H groups in total. The van der Waals surface area contributed by atoms with Crippen LogP contribution in [0.25, 0.3) is 11.3 Å². The number of hydrogen-bond donors (Lipinski definition) is 1. The molecule has 10 heteroatoms. The molecule has 1 aliphatic heterocycles. The molecule has 0 spiro atoms. The number of hydrogen-bond acceptors (Lipinski definition) is 4. The lowest BCUT2D eigenvalue weighted by Gasteiger charge is -2.28. The summed E-state index contributed by atoms with van der Waals surface area (Å²) < 4.78 is 19.7. The number of nitrogens with one attached hydrogen (secondary N) is 1. The number of anilines is 1. The number of halogens is 3. The maximum Gasteiger partial charge on any atom is 0.322 e. The van der Waals surface area contributed by atoms with E-state index in [9.17, 15) is 14.0 Å².